The van der Waals surface area contributed by atoms with Crippen molar-refractivity contribution in [1.29, 1.82) is 0 Å². The maximum atomic E-state index is 10.0. The van der Waals surface area contributed by atoms with Gasteiger partial charge in [-0.15, -0.1) is 0 Å². The van der Waals surface area contributed by atoms with E-state index in [9.17, 15) is 5.11 Å². The number of hydrogen-bond donors (Lipinski definition) is 2. The molecule has 1 aromatic rings. The Kier molecular flexibility index (Phi) is 3.10. The third-order valence-electron chi connectivity index (χ3n) is 4.04. The molecule has 3 unspecified atom stereocenters. The van der Waals surface area contributed by atoms with Crippen molar-refractivity contribution in [3.8, 4) is 0 Å². The van der Waals surface area contributed by atoms with E-state index in [1.54, 1.807) is 0 Å². The molecule has 4 heteroatoms. The first kappa shape index (κ1) is 12.4. The highest BCUT2D eigenvalue weighted by atomic mass is 35.5. The molecule has 1 aromatic carbocycles. The number of nitrogens with one attached hydrogen (secondary N) is 1. The monoisotopic (exact) mass is 267 g/mol. The molecule has 2 N–H and O–H groups in total. The summed E-state index contributed by atoms with van der Waals surface area (Å²) in [5.74, 6) is 0. The second kappa shape index (κ2) is 4.49. The van der Waals surface area contributed by atoms with Crippen LogP contribution >= 0.6 is 11.6 Å². The van der Waals surface area contributed by atoms with Gasteiger partial charge in [-0.3, -0.25) is 0 Å². The number of hydrogen-bond acceptors (Lipinski definition) is 3. The van der Waals surface area contributed by atoms with Crippen molar-refractivity contribution in [1.82, 2.24) is 5.32 Å². The van der Waals surface area contributed by atoms with Crippen molar-refractivity contribution >= 4 is 11.6 Å². The van der Waals surface area contributed by atoms with Gasteiger partial charge in [0, 0.05) is 11.1 Å². The molecular weight excluding hydrogens is 250 g/mol. The molecule has 3 nitrogen and oxygen atoms in total. The molecule has 0 radical (unpaired) electrons. The van der Waals surface area contributed by atoms with Gasteiger partial charge >= 0.3 is 0 Å². The summed E-state index contributed by atoms with van der Waals surface area (Å²) in [6.07, 6.45) is 1.32. The summed E-state index contributed by atoms with van der Waals surface area (Å²) in [5.41, 5.74) is 1.77. The molecule has 1 saturated heterocycles. The lowest BCUT2D eigenvalue weighted by Crippen LogP contribution is -2.49. The van der Waals surface area contributed by atoms with Gasteiger partial charge in [-0.1, -0.05) is 17.7 Å². The lowest BCUT2D eigenvalue weighted by atomic mass is 9.77. The molecule has 2 aliphatic rings. The first-order valence-corrected chi connectivity index (χ1v) is 6.84. The van der Waals surface area contributed by atoms with E-state index < -0.39 is 6.10 Å². The standard InChI is InChI=1S/C14H18ClNO2/c1-9-7-14(4-5-16-9)12-6-10(15)2-3-11(12)13(17)8-18-14/h2-3,6,9,13,16-17H,4-5,7-8H2,1H3. The fourth-order valence-corrected chi connectivity index (χ4v) is 3.36. The van der Waals surface area contributed by atoms with E-state index in [0.717, 1.165) is 30.5 Å². The number of fused-ring (bicyclic) bond motifs is 2. The van der Waals surface area contributed by atoms with Crippen LogP contribution < -0.4 is 5.32 Å². The van der Waals surface area contributed by atoms with Gasteiger partial charge in [0.25, 0.3) is 0 Å². The number of piperidine rings is 1. The minimum Gasteiger partial charge on any atom is -0.386 e. The second-order valence-corrected chi connectivity index (χ2v) is 5.80. The number of rotatable bonds is 0. The van der Waals surface area contributed by atoms with Crippen molar-refractivity contribution in [3.05, 3.63) is 34.3 Å². The number of aliphatic hydroxyl groups excluding tert-OH is 1. The van der Waals surface area contributed by atoms with Gasteiger partial charge in [-0.2, -0.15) is 0 Å². The summed E-state index contributed by atoms with van der Waals surface area (Å²) in [7, 11) is 0. The summed E-state index contributed by atoms with van der Waals surface area (Å²) in [6.45, 7) is 3.48. The predicted octanol–water partition coefficient (Wildman–Crippen LogP) is 2.37. The highest BCUT2D eigenvalue weighted by molar-refractivity contribution is 6.30. The Morgan fingerprint density at radius 3 is 3.11 bits per heavy atom. The molecule has 98 valence electrons. The molecule has 0 aromatic heterocycles. The van der Waals surface area contributed by atoms with Gasteiger partial charge in [0.15, 0.2) is 0 Å². The van der Waals surface area contributed by atoms with Crippen molar-refractivity contribution in [2.75, 3.05) is 13.2 Å². The Morgan fingerprint density at radius 2 is 2.33 bits per heavy atom. The quantitative estimate of drug-likeness (QED) is 0.758. The smallest absolute Gasteiger partial charge is 0.103 e. The minimum atomic E-state index is -0.534. The first-order chi connectivity index (χ1) is 8.61. The van der Waals surface area contributed by atoms with E-state index in [0.29, 0.717) is 17.7 Å². The third-order valence-corrected chi connectivity index (χ3v) is 4.28. The number of ether oxygens (including phenoxy) is 1. The average Bonchev–Trinajstić information content (AvgIpc) is 2.35. The molecule has 0 bridgehead atoms. The highest BCUT2D eigenvalue weighted by Crippen LogP contribution is 2.44. The molecule has 0 saturated carbocycles. The molecule has 18 heavy (non-hydrogen) atoms. The zero-order valence-corrected chi connectivity index (χ0v) is 11.2. The summed E-state index contributed by atoms with van der Waals surface area (Å²) in [4.78, 5) is 0. The van der Waals surface area contributed by atoms with Crippen LogP contribution in [0.1, 0.15) is 37.0 Å². The van der Waals surface area contributed by atoms with Crippen molar-refractivity contribution in [3.63, 3.8) is 0 Å². The number of halogens is 1. The lowest BCUT2D eigenvalue weighted by molar-refractivity contribution is -0.124. The fourth-order valence-electron chi connectivity index (χ4n) is 3.18. The van der Waals surface area contributed by atoms with Gasteiger partial charge in [-0.25, -0.2) is 0 Å². The summed E-state index contributed by atoms with van der Waals surface area (Å²) < 4.78 is 6.02. The number of benzene rings is 1. The van der Waals surface area contributed by atoms with Crippen molar-refractivity contribution < 1.29 is 9.84 Å². The SMILES string of the molecule is CC1CC2(CCN1)OCC(O)c1ccc(Cl)cc12. The van der Waals surface area contributed by atoms with E-state index in [1.165, 1.54) is 0 Å². The van der Waals surface area contributed by atoms with E-state index >= 15 is 0 Å². The summed E-state index contributed by atoms with van der Waals surface area (Å²) in [5, 5.41) is 14.2. The van der Waals surface area contributed by atoms with Gasteiger partial charge in [0.2, 0.25) is 0 Å². The summed E-state index contributed by atoms with van der Waals surface area (Å²) >= 11 is 6.11. The van der Waals surface area contributed by atoms with E-state index in [4.69, 9.17) is 16.3 Å². The van der Waals surface area contributed by atoms with Crippen LogP contribution in [-0.4, -0.2) is 24.3 Å². The highest BCUT2D eigenvalue weighted by Gasteiger charge is 2.43. The Balaban J connectivity index is 2.08. The summed E-state index contributed by atoms with van der Waals surface area (Å²) in [6, 6.07) is 6.14. The molecule has 3 atom stereocenters. The molecule has 0 amide bonds. The van der Waals surface area contributed by atoms with E-state index in [2.05, 4.69) is 12.2 Å². The van der Waals surface area contributed by atoms with Crippen LogP contribution in [0.25, 0.3) is 0 Å². The van der Waals surface area contributed by atoms with E-state index in [-0.39, 0.29) is 5.60 Å². The van der Waals surface area contributed by atoms with Crippen LogP contribution in [-0.2, 0) is 10.3 Å². The van der Waals surface area contributed by atoms with Crippen LogP contribution in [0.2, 0.25) is 5.02 Å². The molecule has 2 heterocycles. The average molecular weight is 268 g/mol. The Labute approximate surface area is 112 Å². The predicted molar refractivity (Wildman–Crippen MR) is 70.7 cm³/mol. The van der Waals surface area contributed by atoms with Crippen molar-refractivity contribution in [2.24, 2.45) is 0 Å². The minimum absolute atomic E-state index is 0.274. The normalized spacial score (nSPS) is 35.5. The van der Waals surface area contributed by atoms with Crippen LogP contribution in [0.15, 0.2) is 18.2 Å². The fraction of sp³-hybridized carbons (Fsp3) is 0.571. The molecule has 1 fully saturated rings. The molecule has 0 aliphatic carbocycles. The van der Waals surface area contributed by atoms with Crippen LogP contribution in [0, 0.1) is 0 Å². The third kappa shape index (κ3) is 1.95. The van der Waals surface area contributed by atoms with Gasteiger partial charge in [0.05, 0.1) is 12.2 Å². The van der Waals surface area contributed by atoms with E-state index in [1.807, 2.05) is 18.2 Å². The number of aliphatic hydroxyl groups is 1. The van der Waals surface area contributed by atoms with Crippen LogP contribution in [0.4, 0.5) is 0 Å². The zero-order chi connectivity index (χ0) is 12.8. The van der Waals surface area contributed by atoms with Gasteiger partial charge in [-0.05, 0) is 49.6 Å². The molecule has 2 aliphatic heterocycles. The molecular formula is C14H18ClNO2. The second-order valence-electron chi connectivity index (χ2n) is 5.36. The topological polar surface area (TPSA) is 41.5 Å². The zero-order valence-electron chi connectivity index (χ0n) is 10.4. The Morgan fingerprint density at radius 1 is 1.50 bits per heavy atom. The maximum Gasteiger partial charge on any atom is 0.103 e. The van der Waals surface area contributed by atoms with Gasteiger partial charge < -0.3 is 15.2 Å². The Hall–Kier alpha value is -0.610. The maximum absolute atomic E-state index is 10.0. The van der Waals surface area contributed by atoms with Crippen molar-refractivity contribution in [2.45, 2.75) is 37.5 Å². The molecule has 1 spiro atoms. The van der Waals surface area contributed by atoms with Gasteiger partial charge in [0.1, 0.15) is 6.10 Å². The lowest BCUT2D eigenvalue weighted by Gasteiger charge is -2.45. The largest absolute Gasteiger partial charge is 0.386 e. The molecule has 3 rings (SSSR count). The first-order valence-electron chi connectivity index (χ1n) is 6.46. The van der Waals surface area contributed by atoms with Crippen LogP contribution in [0.5, 0.6) is 0 Å². The Bertz CT molecular complexity index is 465. The van der Waals surface area contributed by atoms with Crippen LogP contribution in [0.3, 0.4) is 0 Å².